The van der Waals surface area contributed by atoms with Crippen LogP contribution in [0.1, 0.15) is 0 Å². The summed E-state index contributed by atoms with van der Waals surface area (Å²) in [6.07, 6.45) is -0.258. The summed E-state index contributed by atoms with van der Waals surface area (Å²) in [5.41, 5.74) is 9.40. The highest BCUT2D eigenvalue weighted by atomic mass is 19.1. The van der Waals surface area contributed by atoms with Gasteiger partial charge in [-0.05, 0) is 0 Å². The van der Waals surface area contributed by atoms with E-state index in [1.165, 1.54) is 18.2 Å². The van der Waals surface area contributed by atoms with Crippen LogP contribution in [0.5, 0.6) is 0 Å². The van der Waals surface area contributed by atoms with Crippen LogP contribution in [0.15, 0.2) is 12.4 Å². The number of hydrogen-bond donors (Lipinski definition) is 4. The molecule has 0 radical (unpaired) electrons. The van der Waals surface area contributed by atoms with Gasteiger partial charge in [0.25, 0.3) is 0 Å². The molecule has 0 aliphatic carbocycles. The Morgan fingerprint density at radius 3 is 2.74 bits per heavy atom. The van der Waals surface area contributed by atoms with Gasteiger partial charge < -0.3 is 25.6 Å². The number of rotatable bonds is 3. The number of alkyl halides is 1. The summed E-state index contributed by atoms with van der Waals surface area (Å²) in [6.45, 7) is 1.66. The molecule has 1 aromatic rings. The number of pyridine rings is 1. The fourth-order valence-corrected chi connectivity index (χ4v) is 4.28. The van der Waals surface area contributed by atoms with E-state index in [-0.39, 0.29) is 24.5 Å². The summed E-state index contributed by atoms with van der Waals surface area (Å²) in [6, 6.07) is 0. The number of amides is 2. The highest BCUT2D eigenvalue weighted by Crippen LogP contribution is 2.31. The van der Waals surface area contributed by atoms with Crippen LogP contribution in [0, 0.1) is 11.7 Å². The normalized spacial score (nSPS) is 28.9. The number of anilines is 2. The molecule has 3 aliphatic heterocycles. The van der Waals surface area contributed by atoms with Crippen LogP contribution in [0.2, 0.25) is 0 Å². The van der Waals surface area contributed by atoms with Crippen molar-refractivity contribution in [3.63, 3.8) is 0 Å². The second-order valence-electron chi connectivity index (χ2n) is 7.73. The predicted molar refractivity (Wildman–Crippen MR) is 107 cm³/mol. The molecule has 2 amide bonds. The van der Waals surface area contributed by atoms with Gasteiger partial charge in [-0.15, -0.1) is 0 Å². The van der Waals surface area contributed by atoms with Crippen molar-refractivity contribution in [2.75, 3.05) is 56.6 Å². The fraction of sp³-hybridized carbons (Fsp3) is 0.611. The van der Waals surface area contributed by atoms with E-state index in [0.717, 1.165) is 6.20 Å². The minimum Gasteiger partial charge on any atom is -0.453 e. The number of fused-ring (bicyclic) bond motifs is 1. The molecule has 5 N–H and O–H groups in total. The Kier molecular flexibility index (Phi) is 6.18. The van der Waals surface area contributed by atoms with Gasteiger partial charge in [-0.1, -0.05) is 0 Å². The molecule has 4 rings (SSSR count). The lowest BCUT2D eigenvalue weighted by atomic mass is 10.0. The molecular weight excluding hydrogens is 414 g/mol. The van der Waals surface area contributed by atoms with Gasteiger partial charge in [0.15, 0.2) is 5.82 Å². The highest BCUT2D eigenvalue weighted by molar-refractivity contribution is 5.96. The molecule has 1 aromatic heterocycles. The lowest BCUT2D eigenvalue weighted by Crippen LogP contribution is -2.58. The van der Waals surface area contributed by atoms with Gasteiger partial charge in [0.1, 0.15) is 11.9 Å². The zero-order valence-corrected chi connectivity index (χ0v) is 17.1. The van der Waals surface area contributed by atoms with E-state index < -0.39 is 42.2 Å². The van der Waals surface area contributed by atoms with Crippen molar-refractivity contribution in [3.8, 4) is 0 Å². The van der Waals surface area contributed by atoms with Gasteiger partial charge in [-0.3, -0.25) is 15.1 Å². The van der Waals surface area contributed by atoms with Crippen LogP contribution in [-0.4, -0.2) is 91.8 Å². The van der Waals surface area contributed by atoms with Crippen LogP contribution in [-0.2, 0) is 9.53 Å². The maximum absolute atomic E-state index is 14.7. The number of ether oxygens (including phenoxy) is 1. The second kappa shape index (κ2) is 8.86. The topological polar surface area (TPSA) is 128 Å². The number of methoxy groups -OCH3 is 1. The maximum atomic E-state index is 14.7. The molecule has 3 aliphatic rings. The predicted octanol–water partition coefficient (Wildman–Crippen LogP) is -0.964. The van der Waals surface area contributed by atoms with E-state index in [0.29, 0.717) is 26.2 Å². The van der Waals surface area contributed by atoms with Crippen LogP contribution in [0.3, 0.4) is 0 Å². The van der Waals surface area contributed by atoms with Gasteiger partial charge in [0.05, 0.1) is 43.4 Å². The minimum absolute atomic E-state index is 0.117. The molecule has 0 saturated carbocycles. The first kappa shape index (κ1) is 21.6. The number of aromatic nitrogens is 1. The number of piperazine rings is 1. The van der Waals surface area contributed by atoms with Gasteiger partial charge in [-0.2, -0.15) is 0 Å². The van der Waals surface area contributed by atoms with Crippen molar-refractivity contribution < 1.29 is 23.1 Å². The summed E-state index contributed by atoms with van der Waals surface area (Å²) in [5.74, 6) is -1.74. The number of halogens is 2. The molecule has 3 fully saturated rings. The molecule has 0 bridgehead atoms. The average Bonchev–Trinajstić information content (AvgIpc) is 3.08. The Hall–Kier alpha value is -2.61. The molecule has 0 aromatic carbocycles. The Balaban J connectivity index is 1.49. The first-order valence-electron chi connectivity index (χ1n) is 10.1. The van der Waals surface area contributed by atoms with Gasteiger partial charge in [0, 0.05) is 39.3 Å². The Morgan fingerprint density at radius 2 is 2.03 bits per heavy atom. The first-order valence-corrected chi connectivity index (χ1v) is 10.1. The standard InChI is InChI=1S/C18H26F2N8O3/c1-31-18(30)27-4-2-26(3-5-27)14-11(20)7-22-8-12(14)24-17(29)13-15(21)25-28-9-10(19)6-23-16(13)28/h7-8,10,13,15-16,23,25H,2-6,9,21H2,1H3,(H,24,29). The molecule has 0 spiro atoms. The molecule has 13 heteroatoms. The average molecular weight is 440 g/mol. The summed E-state index contributed by atoms with van der Waals surface area (Å²) in [7, 11) is 1.31. The molecule has 31 heavy (non-hydrogen) atoms. The number of nitrogens with one attached hydrogen (secondary N) is 3. The largest absolute Gasteiger partial charge is 0.453 e. The quantitative estimate of drug-likeness (QED) is 0.470. The Morgan fingerprint density at radius 1 is 1.29 bits per heavy atom. The third kappa shape index (κ3) is 4.26. The third-order valence-corrected chi connectivity index (χ3v) is 5.78. The first-order chi connectivity index (χ1) is 14.9. The highest BCUT2D eigenvalue weighted by Gasteiger charge is 2.47. The van der Waals surface area contributed by atoms with E-state index in [2.05, 4.69) is 21.0 Å². The minimum atomic E-state index is -1.07. The van der Waals surface area contributed by atoms with Crippen LogP contribution in [0.25, 0.3) is 0 Å². The Bertz CT molecular complexity index is 838. The molecule has 4 heterocycles. The molecular formula is C18H26F2N8O3. The SMILES string of the molecule is COC(=O)N1CCN(c2c(F)cncc2NC(=O)C2C(N)NN3CC(F)CNC23)CC1. The van der Waals surface area contributed by atoms with Crippen LogP contribution < -0.4 is 26.7 Å². The number of carbonyl (C=O) groups is 2. The monoisotopic (exact) mass is 440 g/mol. The number of nitrogens with two attached hydrogens (primary N) is 1. The molecule has 4 unspecified atom stereocenters. The summed E-state index contributed by atoms with van der Waals surface area (Å²) >= 11 is 0. The molecule has 4 atom stereocenters. The lowest BCUT2D eigenvalue weighted by Gasteiger charge is -2.36. The third-order valence-electron chi connectivity index (χ3n) is 5.78. The number of hydrogen-bond acceptors (Lipinski definition) is 9. The van der Waals surface area contributed by atoms with E-state index in [1.54, 1.807) is 9.91 Å². The van der Waals surface area contributed by atoms with Crippen molar-refractivity contribution in [1.29, 1.82) is 0 Å². The zero-order valence-electron chi connectivity index (χ0n) is 17.1. The summed E-state index contributed by atoms with van der Waals surface area (Å²) < 4.78 is 33.1. The van der Waals surface area contributed by atoms with Gasteiger partial charge in [-0.25, -0.2) is 24.0 Å². The van der Waals surface area contributed by atoms with Crippen molar-refractivity contribution >= 4 is 23.4 Å². The van der Waals surface area contributed by atoms with E-state index in [9.17, 15) is 18.4 Å². The van der Waals surface area contributed by atoms with Crippen molar-refractivity contribution in [2.45, 2.75) is 18.5 Å². The fourth-order valence-electron chi connectivity index (χ4n) is 4.28. The molecule has 11 nitrogen and oxygen atoms in total. The van der Waals surface area contributed by atoms with Crippen LogP contribution in [0.4, 0.5) is 25.0 Å². The number of carbonyl (C=O) groups excluding carboxylic acids is 2. The number of nitrogens with zero attached hydrogens (tertiary/aromatic N) is 4. The van der Waals surface area contributed by atoms with Gasteiger partial charge in [0.2, 0.25) is 5.91 Å². The smallest absolute Gasteiger partial charge is 0.409 e. The Labute approximate surface area is 177 Å². The van der Waals surface area contributed by atoms with E-state index in [4.69, 9.17) is 10.5 Å². The van der Waals surface area contributed by atoms with Crippen molar-refractivity contribution in [3.05, 3.63) is 18.2 Å². The maximum Gasteiger partial charge on any atom is 0.409 e. The van der Waals surface area contributed by atoms with Crippen LogP contribution >= 0.6 is 0 Å². The molecule has 3 saturated heterocycles. The second-order valence-corrected chi connectivity index (χ2v) is 7.73. The van der Waals surface area contributed by atoms with E-state index in [1.807, 2.05) is 0 Å². The van der Waals surface area contributed by atoms with Gasteiger partial charge >= 0.3 is 6.09 Å². The summed E-state index contributed by atoms with van der Waals surface area (Å²) in [5, 5.41) is 7.31. The number of hydrazine groups is 1. The summed E-state index contributed by atoms with van der Waals surface area (Å²) in [4.78, 5) is 31.9. The van der Waals surface area contributed by atoms with Crippen molar-refractivity contribution in [2.24, 2.45) is 11.7 Å². The van der Waals surface area contributed by atoms with Crippen molar-refractivity contribution in [1.82, 2.24) is 25.6 Å². The lowest BCUT2D eigenvalue weighted by molar-refractivity contribution is -0.121. The van der Waals surface area contributed by atoms with E-state index >= 15 is 0 Å². The zero-order chi connectivity index (χ0) is 22.1. The molecule has 170 valence electrons.